The molecule has 7 aromatic rings. The Kier molecular flexibility index (Phi) is 6.34. The minimum Gasteiger partial charge on any atom is -0.496 e. The van der Waals surface area contributed by atoms with E-state index in [1.54, 1.807) is 7.11 Å². The standard InChI is InChI=1S/C37H27N3O/c1-41-34-20-9-8-19-31(34)33-25-30(26-13-4-2-5-14-26)24-32(38-33)28-17-12-18-29(23-28)36-37(27-15-6-3-7-16-27)40-22-11-10-21-35(40)39-36/h2-25H,1H3. The minimum atomic E-state index is 0.794. The van der Waals surface area contributed by atoms with Gasteiger partial charge in [-0.2, -0.15) is 0 Å². The quantitative estimate of drug-likeness (QED) is 0.216. The molecule has 0 N–H and O–H groups in total. The van der Waals surface area contributed by atoms with E-state index >= 15 is 0 Å². The molecule has 7 rings (SSSR count). The Morgan fingerprint density at radius 3 is 1.98 bits per heavy atom. The van der Waals surface area contributed by atoms with E-state index in [-0.39, 0.29) is 0 Å². The zero-order valence-electron chi connectivity index (χ0n) is 22.6. The summed E-state index contributed by atoms with van der Waals surface area (Å²) in [5.41, 5.74) is 11.0. The number of fused-ring (bicyclic) bond motifs is 1. The number of hydrogen-bond acceptors (Lipinski definition) is 3. The molecule has 0 aliphatic rings. The van der Waals surface area contributed by atoms with Crippen LogP contribution < -0.4 is 4.74 Å². The van der Waals surface area contributed by atoms with Crippen molar-refractivity contribution in [2.45, 2.75) is 0 Å². The van der Waals surface area contributed by atoms with Gasteiger partial charge >= 0.3 is 0 Å². The van der Waals surface area contributed by atoms with E-state index in [4.69, 9.17) is 14.7 Å². The van der Waals surface area contributed by atoms with E-state index in [1.165, 1.54) is 0 Å². The largest absolute Gasteiger partial charge is 0.496 e. The molecule has 4 aromatic carbocycles. The van der Waals surface area contributed by atoms with Crippen LogP contribution in [0.15, 0.2) is 146 Å². The van der Waals surface area contributed by atoms with Crippen molar-refractivity contribution >= 4 is 5.65 Å². The van der Waals surface area contributed by atoms with Crippen molar-refractivity contribution in [3.63, 3.8) is 0 Å². The molecule has 0 aliphatic carbocycles. The topological polar surface area (TPSA) is 39.4 Å². The molecule has 196 valence electrons. The molecule has 0 aliphatic heterocycles. The SMILES string of the molecule is COc1ccccc1-c1cc(-c2ccccc2)cc(-c2cccc(-c3nc4ccccn4c3-c3ccccc3)c2)n1. The number of para-hydroxylation sites is 1. The van der Waals surface area contributed by atoms with Gasteiger partial charge in [0.15, 0.2) is 0 Å². The van der Waals surface area contributed by atoms with Gasteiger partial charge in [0.05, 0.1) is 29.9 Å². The monoisotopic (exact) mass is 529 g/mol. The molecule has 0 fully saturated rings. The van der Waals surface area contributed by atoms with Gasteiger partial charge in [0, 0.05) is 28.5 Å². The third-order valence-corrected chi connectivity index (χ3v) is 7.32. The van der Waals surface area contributed by atoms with Crippen LogP contribution in [0.5, 0.6) is 5.75 Å². The van der Waals surface area contributed by atoms with Crippen LogP contribution in [0.4, 0.5) is 0 Å². The fourth-order valence-corrected chi connectivity index (χ4v) is 5.36. The van der Waals surface area contributed by atoms with Crippen LogP contribution >= 0.6 is 0 Å². The maximum Gasteiger partial charge on any atom is 0.137 e. The lowest BCUT2D eigenvalue weighted by Crippen LogP contribution is -1.94. The van der Waals surface area contributed by atoms with Crippen molar-refractivity contribution in [1.29, 1.82) is 0 Å². The van der Waals surface area contributed by atoms with Crippen LogP contribution in [0.3, 0.4) is 0 Å². The lowest BCUT2D eigenvalue weighted by atomic mass is 9.98. The summed E-state index contributed by atoms with van der Waals surface area (Å²) in [6.07, 6.45) is 2.07. The van der Waals surface area contributed by atoms with Crippen LogP contribution in [0, 0.1) is 0 Å². The number of hydrogen-bond donors (Lipinski definition) is 0. The van der Waals surface area contributed by atoms with Gasteiger partial charge in [-0.25, -0.2) is 9.97 Å². The highest BCUT2D eigenvalue weighted by molar-refractivity contribution is 5.85. The highest BCUT2D eigenvalue weighted by atomic mass is 16.5. The minimum absolute atomic E-state index is 0.794. The number of nitrogens with zero attached hydrogens (tertiary/aromatic N) is 3. The Hall–Kier alpha value is -5.48. The highest BCUT2D eigenvalue weighted by Gasteiger charge is 2.17. The molecule has 3 heterocycles. The number of methoxy groups -OCH3 is 1. The van der Waals surface area contributed by atoms with Gasteiger partial charge in [-0.15, -0.1) is 0 Å². The molecule has 4 heteroatoms. The van der Waals surface area contributed by atoms with Gasteiger partial charge in [0.25, 0.3) is 0 Å². The average Bonchev–Trinajstić information content (AvgIpc) is 3.45. The first kappa shape index (κ1) is 24.6. The van der Waals surface area contributed by atoms with Gasteiger partial charge in [-0.3, -0.25) is 4.40 Å². The third-order valence-electron chi connectivity index (χ3n) is 7.32. The molecule has 0 amide bonds. The molecule has 0 atom stereocenters. The molecule has 0 radical (unpaired) electrons. The fourth-order valence-electron chi connectivity index (χ4n) is 5.36. The maximum atomic E-state index is 5.70. The number of aromatic nitrogens is 3. The number of ether oxygens (including phenoxy) is 1. The molecular weight excluding hydrogens is 502 g/mol. The van der Waals surface area contributed by atoms with Crippen molar-refractivity contribution in [3.8, 4) is 61.9 Å². The third kappa shape index (κ3) is 4.66. The summed E-state index contributed by atoms with van der Waals surface area (Å²) < 4.78 is 7.86. The van der Waals surface area contributed by atoms with Gasteiger partial charge < -0.3 is 4.74 Å². The van der Waals surface area contributed by atoms with Crippen molar-refractivity contribution in [1.82, 2.24) is 14.4 Å². The zero-order chi connectivity index (χ0) is 27.6. The second-order valence-corrected chi connectivity index (χ2v) is 9.88. The van der Waals surface area contributed by atoms with Crippen LogP contribution in [-0.4, -0.2) is 21.5 Å². The lowest BCUT2D eigenvalue weighted by molar-refractivity contribution is 0.416. The van der Waals surface area contributed by atoms with E-state index < -0.39 is 0 Å². The molecular formula is C37H27N3O. The normalized spacial score (nSPS) is 11.0. The van der Waals surface area contributed by atoms with E-state index in [9.17, 15) is 0 Å². The van der Waals surface area contributed by atoms with Gasteiger partial charge in [0.1, 0.15) is 11.4 Å². The fraction of sp³-hybridized carbons (Fsp3) is 0.0270. The van der Waals surface area contributed by atoms with E-state index in [0.717, 1.165) is 67.6 Å². The Morgan fingerprint density at radius 1 is 0.512 bits per heavy atom. The van der Waals surface area contributed by atoms with Crippen LogP contribution in [0.2, 0.25) is 0 Å². The Balaban J connectivity index is 1.42. The summed E-state index contributed by atoms with van der Waals surface area (Å²) in [7, 11) is 1.70. The Labute approximate surface area is 239 Å². The number of imidazole rings is 1. The predicted octanol–water partition coefficient (Wildman–Crippen LogP) is 9.07. The molecule has 0 unspecified atom stereocenters. The summed E-state index contributed by atoms with van der Waals surface area (Å²) in [4.78, 5) is 10.2. The first-order valence-corrected chi connectivity index (χ1v) is 13.6. The molecule has 4 nitrogen and oxygen atoms in total. The van der Waals surface area contributed by atoms with Crippen LogP contribution in [0.25, 0.3) is 61.8 Å². The van der Waals surface area contributed by atoms with E-state index in [0.29, 0.717) is 0 Å². The molecule has 0 spiro atoms. The van der Waals surface area contributed by atoms with Gasteiger partial charge in [0.2, 0.25) is 0 Å². The van der Waals surface area contributed by atoms with Crippen molar-refractivity contribution in [2.75, 3.05) is 7.11 Å². The molecule has 0 bridgehead atoms. The second-order valence-electron chi connectivity index (χ2n) is 9.88. The molecule has 0 saturated heterocycles. The average molecular weight is 530 g/mol. The van der Waals surface area contributed by atoms with E-state index in [1.807, 2.05) is 48.5 Å². The summed E-state index contributed by atoms with van der Waals surface area (Å²) >= 11 is 0. The van der Waals surface area contributed by atoms with Crippen LogP contribution in [-0.2, 0) is 0 Å². The summed E-state index contributed by atoms with van der Waals surface area (Å²) in [6, 6.07) is 47.8. The number of rotatable bonds is 6. The number of pyridine rings is 2. The van der Waals surface area contributed by atoms with Gasteiger partial charge in [-0.1, -0.05) is 97.1 Å². The first-order valence-electron chi connectivity index (χ1n) is 13.6. The second kappa shape index (κ2) is 10.6. The summed E-state index contributed by atoms with van der Waals surface area (Å²) in [5, 5.41) is 0. The predicted molar refractivity (Wildman–Crippen MR) is 167 cm³/mol. The molecule has 3 aromatic heterocycles. The molecule has 41 heavy (non-hydrogen) atoms. The van der Waals surface area contributed by atoms with E-state index in [2.05, 4.69) is 102 Å². The number of benzene rings is 4. The zero-order valence-corrected chi connectivity index (χ0v) is 22.6. The van der Waals surface area contributed by atoms with Crippen molar-refractivity contribution < 1.29 is 4.74 Å². The molecule has 0 saturated carbocycles. The smallest absolute Gasteiger partial charge is 0.137 e. The maximum absolute atomic E-state index is 5.70. The van der Waals surface area contributed by atoms with Crippen LogP contribution in [0.1, 0.15) is 0 Å². The Morgan fingerprint density at radius 2 is 1.17 bits per heavy atom. The summed E-state index contributed by atoms with van der Waals surface area (Å²) in [6.45, 7) is 0. The van der Waals surface area contributed by atoms with Gasteiger partial charge in [-0.05, 0) is 53.6 Å². The highest BCUT2D eigenvalue weighted by Crippen LogP contribution is 2.37. The van der Waals surface area contributed by atoms with Crippen molar-refractivity contribution in [3.05, 3.63) is 146 Å². The summed E-state index contributed by atoms with van der Waals surface area (Å²) in [5.74, 6) is 0.794. The lowest BCUT2D eigenvalue weighted by Gasteiger charge is -2.13. The van der Waals surface area contributed by atoms with Crippen molar-refractivity contribution in [2.24, 2.45) is 0 Å². The Bertz CT molecular complexity index is 1980. The first-order chi connectivity index (χ1) is 20.3.